The van der Waals surface area contributed by atoms with Crippen LogP contribution in [-0.2, 0) is 14.4 Å². The molecule has 2 fully saturated rings. The van der Waals surface area contributed by atoms with E-state index >= 15 is 0 Å². The summed E-state index contributed by atoms with van der Waals surface area (Å²) in [6, 6.07) is 0.338. The van der Waals surface area contributed by atoms with Gasteiger partial charge in [-0.05, 0) is 12.8 Å². The molecule has 0 spiro atoms. The lowest BCUT2D eigenvalue weighted by atomic mass is 10.0. The third-order valence-electron chi connectivity index (χ3n) is 3.64. The van der Waals surface area contributed by atoms with Gasteiger partial charge in [0.25, 0.3) is 5.91 Å². The number of amides is 4. The van der Waals surface area contributed by atoms with Gasteiger partial charge < -0.3 is 10.6 Å². The van der Waals surface area contributed by atoms with E-state index in [-0.39, 0.29) is 30.6 Å². The van der Waals surface area contributed by atoms with Gasteiger partial charge in [-0.1, -0.05) is 6.42 Å². The molecular formula is C12H21N5O4S. The molecule has 0 aliphatic carbocycles. The molecule has 0 aromatic carbocycles. The average Bonchev–Trinajstić information content (AvgIpc) is 3.01. The van der Waals surface area contributed by atoms with E-state index in [4.69, 9.17) is 5.90 Å². The molecule has 10 heteroatoms. The van der Waals surface area contributed by atoms with Crippen molar-refractivity contribution in [3.8, 4) is 0 Å². The van der Waals surface area contributed by atoms with Crippen molar-refractivity contribution in [2.75, 3.05) is 12.4 Å². The molecular weight excluding hydrogens is 310 g/mol. The summed E-state index contributed by atoms with van der Waals surface area (Å²) in [5, 5.41) is 6.24. The van der Waals surface area contributed by atoms with Crippen LogP contribution in [0.1, 0.15) is 25.7 Å². The molecule has 9 nitrogen and oxygen atoms in total. The second-order valence-electron chi connectivity index (χ2n) is 5.27. The number of hydrogen-bond donors (Lipinski definition) is 5. The molecule has 124 valence electrons. The van der Waals surface area contributed by atoms with Crippen LogP contribution in [0.15, 0.2) is 0 Å². The van der Waals surface area contributed by atoms with Gasteiger partial charge in [-0.25, -0.2) is 10.7 Å². The van der Waals surface area contributed by atoms with Crippen molar-refractivity contribution in [2.24, 2.45) is 5.90 Å². The number of unbranched alkanes of at least 4 members (excludes halogenated alkanes) is 1. The fourth-order valence-electron chi connectivity index (χ4n) is 2.59. The summed E-state index contributed by atoms with van der Waals surface area (Å²) < 4.78 is 0. The topological polar surface area (TPSA) is 135 Å². The molecule has 0 unspecified atom stereocenters. The second kappa shape index (κ2) is 8.20. The Morgan fingerprint density at radius 1 is 1.27 bits per heavy atom. The Labute approximate surface area is 132 Å². The molecule has 4 amide bonds. The minimum absolute atomic E-state index is 0.0862. The van der Waals surface area contributed by atoms with E-state index in [1.54, 1.807) is 0 Å². The van der Waals surface area contributed by atoms with Gasteiger partial charge in [0.2, 0.25) is 5.91 Å². The van der Waals surface area contributed by atoms with Crippen molar-refractivity contribution < 1.29 is 19.2 Å². The molecule has 22 heavy (non-hydrogen) atoms. The fraction of sp³-hybridized carbons (Fsp3) is 0.750. The number of nitrogens with two attached hydrogens (primary N) is 1. The largest absolute Gasteiger partial charge is 0.332 e. The first-order valence-electron chi connectivity index (χ1n) is 7.18. The molecule has 0 aromatic heterocycles. The Kier molecular flexibility index (Phi) is 6.28. The van der Waals surface area contributed by atoms with Crippen LogP contribution in [0.5, 0.6) is 0 Å². The van der Waals surface area contributed by atoms with Gasteiger partial charge >= 0.3 is 6.03 Å². The van der Waals surface area contributed by atoms with E-state index in [0.29, 0.717) is 11.7 Å². The molecule has 6 N–H and O–H groups in total. The minimum Gasteiger partial charge on any atom is -0.332 e. The number of carbonyl (C=O) groups is 3. The third kappa shape index (κ3) is 4.75. The van der Waals surface area contributed by atoms with Crippen LogP contribution >= 0.6 is 11.8 Å². The maximum Gasteiger partial charge on any atom is 0.315 e. The molecule has 2 aliphatic heterocycles. The van der Waals surface area contributed by atoms with Gasteiger partial charge in [0.15, 0.2) is 0 Å². The molecule has 0 aromatic rings. The quantitative estimate of drug-likeness (QED) is 0.225. The molecule has 0 bridgehead atoms. The predicted octanol–water partition coefficient (Wildman–Crippen LogP) is -1.25. The Hall–Kier alpha value is -1.52. The number of urea groups is 1. The minimum atomic E-state index is -0.506. The van der Waals surface area contributed by atoms with Crippen molar-refractivity contribution in [2.45, 2.75) is 43.0 Å². The SMILES string of the molecule is NOCC(=O)NNC(=O)CCCC[C@@H]1SC[C@@H]2NC(=O)N[C@@H]21. The monoisotopic (exact) mass is 331 g/mol. The number of carbonyl (C=O) groups excluding carboxylic acids is 3. The lowest BCUT2D eigenvalue weighted by Crippen LogP contribution is -2.43. The Morgan fingerprint density at radius 2 is 2.05 bits per heavy atom. The smallest absolute Gasteiger partial charge is 0.315 e. The molecule has 0 saturated carbocycles. The molecule has 2 rings (SSSR count). The molecule has 0 radical (unpaired) electrons. The van der Waals surface area contributed by atoms with Gasteiger partial charge in [-0.3, -0.25) is 25.3 Å². The van der Waals surface area contributed by atoms with Crippen molar-refractivity contribution in [1.82, 2.24) is 21.5 Å². The summed E-state index contributed by atoms with van der Waals surface area (Å²) in [6.07, 6.45) is 2.91. The van der Waals surface area contributed by atoms with Gasteiger partial charge in [-0.2, -0.15) is 11.8 Å². The van der Waals surface area contributed by atoms with E-state index in [0.717, 1.165) is 25.0 Å². The fourth-order valence-corrected chi connectivity index (χ4v) is 4.13. The third-order valence-corrected chi connectivity index (χ3v) is 5.15. The molecule has 2 saturated heterocycles. The zero-order valence-electron chi connectivity index (χ0n) is 12.1. The Morgan fingerprint density at radius 3 is 2.82 bits per heavy atom. The first-order valence-corrected chi connectivity index (χ1v) is 8.23. The summed E-state index contributed by atoms with van der Waals surface area (Å²) in [5.74, 6) is 4.91. The first kappa shape index (κ1) is 16.8. The average molecular weight is 331 g/mol. The van der Waals surface area contributed by atoms with Crippen LogP contribution in [0.2, 0.25) is 0 Å². The summed E-state index contributed by atoms with van der Waals surface area (Å²) >= 11 is 1.85. The highest BCUT2D eigenvalue weighted by molar-refractivity contribution is 8.00. The standard InChI is InChI=1S/C12H21N5O4S/c13-21-5-10(19)17-16-9(18)4-2-1-3-8-11-7(6-22-8)14-12(20)15-11/h7-8,11H,1-6,13H2,(H,16,18)(H,17,19)(H2,14,15,20)/t7-,8-,11-/m0/s1. The van der Waals surface area contributed by atoms with E-state index in [9.17, 15) is 14.4 Å². The number of rotatable bonds is 7. The van der Waals surface area contributed by atoms with E-state index in [1.807, 2.05) is 11.8 Å². The Balaban J connectivity index is 1.55. The van der Waals surface area contributed by atoms with Gasteiger partial charge in [0.05, 0.1) is 12.1 Å². The number of thioether (sulfide) groups is 1. The first-order chi connectivity index (χ1) is 10.6. The molecule has 3 atom stereocenters. The maximum atomic E-state index is 11.5. The number of hydrogen-bond acceptors (Lipinski definition) is 6. The normalized spacial score (nSPS) is 26.0. The van der Waals surface area contributed by atoms with E-state index in [1.165, 1.54) is 0 Å². The van der Waals surface area contributed by atoms with Crippen LogP contribution in [-0.4, -0.2) is 47.5 Å². The number of fused-ring (bicyclic) bond motifs is 1. The van der Waals surface area contributed by atoms with Crippen LogP contribution in [0.4, 0.5) is 4.79 Å². The summed E-state index contributed by atoms with van der Waals surface area (Å²) in [4.78, 5) is 37.9. The van der Waals surface area contributed by atoms with Gasteiger partial charge in [-0.15, -0.1) is 0 Å². The number of nitrogens with one attached hydrogen (secondary N) is 4. The highest BCUT2D eigenvalue weighted by atomic mass is 32.2. The van der Waals surface area contributed by atoms with Crippen LogP contribution in [0, 0.1) is 0 Å². The predicted molar refractivity (Wildman–Crippen MR) is 80.4 cm³/mol. The highest BCUT2D eigenvalue weighted by Gasteiger charge is 2.42. The highest BCUT2D eigenvalue weighted by Crippen LogP contribution is 2.33. The van der Waals surface area contributed by atoms with Crippen molar-refractivity contribution >= 4 is 29.6 Å². The van der Waals surface area contributed by atoms with Crippen molar-refractivity contribution in [3.05, 3.63) is 0 Å². The van der Waals surface area contributed by atoms with Crippen LogP contribution in [0.3, 0.4) is 0 Å². The molecule has 2 aliphatic rings. The lowest BCUT2D eigenvalue weighted by molar-refractivity contribution is -0.131. The van der Waals surface area contributed by atoms with Gasteiger partial charge in [0, 0.05) is 17.4 Å². The zero-order chi connectivity index (χ0) is 15.9. The van der Waals surface area contributed by atoms with E-state index in [2.05, 4.69) is 26.3 Å². The zero-order valence-corrected chi connectivity index (χ0v) is 12.9. The summed E-state index contributed by atoms with van der Waals surface area (Å²) in [5.41, 5.74) is 4.49. The second-order valence-corrected chi connectivity index (χ2v) is 6.55. The van der Waals surface area contributed by atoms with Crippen LogP contribution in [0.25, 0.3) is 0 Å². The van der Waals surface area contributed by atoms with Crippen molar-refractivity contribution in [3.63, 3.8) is 0 Å². The summed E-state index contributed by atoms with van der Waals surface area (Å²) in [6.45, 7) is -0.304. The van der Waals surface area contributed by atoms with Crippen molar-refractivity contribution in [1.29, 1.82) is 0 Å². The van der Waals surface area contributed by atoms with Crippen LogP contribution < -0.4 is 27.4 Å². The summed E-state index contributed by atoms with van der Waals surface area (Å²) in [7, 11) is 0. The van der Waals surface area contributed by atoms with E-state index < -0.39 is 5.91 Å². The Bertz CT molecular complexity index is 436. The molecule has 2 heterocycles. The maximum absolute atomic E-state index is 11.5. The lowest BCUT2D eigenvalue weighted by Gasteiger charge is -2.16. The number of hydrazine groups is 1. The van der Waals surface area contributed by atoms with Gasteiger partial charge in [0.1, 0.15) is 6.61 Å².